The Hall–Kier alpha value is -1.94. The average Bonchev–Trinajstić information content (AvgIpc) is 2.93. The van der Waals surface area contributed by atoms with Crippen LogP contribution in [-0.2, 0) is 25.5 Å². The van der Waals surface area contributed by atoms with Crippen LogP contribution in [0, 0.1) is 0 Å². The van der Waals surface area contributed by atoms with Crippen LogP contribution in [0.3, 0.4) is 0 Å². The Morgan fingerprint density at radius 2 is 2.12 bits per heavy atom. The monoisotopic (exact) mass is 373 g/mol. The molecule has 140 valence electrons. The largest absolute Gasteiger partial charge is 0.444 e. The van der Waals surface area contributed by atoms with Crippen LogP contribution in [0.1, 0.15) is 38.9 Å². The summed E-state index contributed by atoms with van der Waals surface area (Å²) < 4.78 is 37.1. The molecule has 10 heteroatoms. The first-order valence-electron chi connectivity index (χ1n) is 7.88. The topological polar surface area (TPSA) is 112 Å². The number of rotatable bonds is 5. The molecule has 2 rings (SSSR count). The zero-order chi connectivity index (χ0) is 18.7. The number of carbonyl (C=O) groups excluding carboxylic acids is 1. The van der Waals surface area contributed by atoms with Crippen molar-refractivity contribution in [3.8, 4) is 0 Å². The fourth-order valence-corrected chi connectivity index (χ4v) is 2.54. The second-order valence-corrected chi connectivity index (χ2v) is 8.36. The van der Waals surface area contributed by atoms with Crippen LogP contribution in [0.15, 0.2) is 10.6 Å². The SMILES string of the molecule is CC(C)(C)OC(=O)N1CCC=C(c2nc(CCOS(C)(=O)=O)no2)C1. The van der Waals surface area contributed by atoms with Gasteiger partial charge in [-0.3, -0.25) is 4.18 Å². The predicted molar refractivity (Wildman–Crippen MR) is 89.2 cm³/mol. The van der Waals surface area contributed by atoms with E-state index >= 15 is 0 Å². The molecule has 0 bridgehead atoms. The van der Waals surface area contributed by atoms with Crippen molar-refractivity contribution in [3.63, 3.8) is 0 Å². The van der Waals surface area contributed by atoms with E-state index in [1.165, 1.54) is 0 Å². The summed E-state index contributed by atoms with van der Waals surface area (Å²) in [5.74, 6) is 0.650. The highest BCUT2D eigenvalue weighted by atomic mass is 32.2. The third-order valence-electron chi connectivity index (χ3n) is 3.17. The quantitative estimate of drug-likeness (QED) is 0.716. The number of hydrogen-bond donors (Lipinski definition) is 0. The third-order valence-corrected chi connectivity index (χ3v) is 3.76. The van der Waals surface area contributed by atoms with Crippen molar-refractivity contribution in [2.75, 3.05) is 26.0 Å². The molecule has 0 radical (unpaired) electrons. The first-order valence-corrected chi connectivity index (χ1v) is 9.69. The van der Waals surface area contributed by atoms with Crippen molar-refractivity contribution >= 4 is 21.8 Å². The fraction of sp³-hybridized carbons (Fsp3) is 0.667. The smallest absolute Gasteiger partial charge is 0.410 e. The van der Waals surface area contributed by atoms with E-state index in [9.17, 15) is 13.2 Å². The van der Waals surface area contributed by atoms with E-state index in [0.717, 1.165) is 11.8 Å². The minimum atomic E-state index is -3.50. The van der Waals surface area contributed by atoms with Crippen LogP contribution >= 0.6 is 0 Å². The van der Waals surface area contributed by atoms with E-state index in [-0.39, 0.29) is 19.1 Å². The summed E-state index contributed by atoms with van der Waals surface area (Å²) in [5.41, 5.74) is 0.176. The molecule has 1 aromatic heterocycles. The maximum Gasteiger partial charge on any atom is 0.410 e. The van der Waals surface area contributed by atoms with Crippen molar-refractivity contribution < 1.29 is 26.7 Å². The van der Waals surface area contributed by atoms with E-state index in [2.05, 4.69) is 14.3 Å². The van der Waals surface area contributed by atoms with Gasteiger partial charge in [0.25, 0.3) is 16.0 Å². The molecule has 0 N–H and O–H groups in total. The Morgan fingerprint density at radius 1 is 1.40 bits per heavy atom. The molecule has 9 nitrogen and oxygen atoms in total. The van der Waals surface area contributed by atoms with Gasteiger partial charge in [-0.2, -0.15) is 13.4 Å². The van der Waals surface area contributed by atoms with E-state index in [4.69, 9.17) is 9.26 Å². The van der Waals surface area contributed by atoms with Gasteiger partial charge in [-0.15, -0.1) is 0 Å². The molecule has 2 heterocycles. The molecule has 25 heavy (non-hydrogen) atoms. The van der Waals surface area contributed by atoms with Crippen LogP contribution < -0.4 is 0 Å². The molecular weight excluding hydrogens is 350 g/mol. The standard InChI is InChI=1S/C15H23N3O6S/c1-15(2,3)23-14(19)18-8-5-6-11(10-18)13-16-12(17-24-13)7-9-22-25(4,20)21/h6H,5,7-10H2,1-4H3. The molecule has 1 aromatic rings. The summed E-state index contributed by atoms with van der Waals surface area (Å²) in [6.07, 6.45) is 3.39. The zero-order valence-electron chi connectivity index (χ0n) is 14.8. The van der Waals surface area contributed by atoms with Gasteiger partial charge in [0.1, 0.15) is 5.60 Å². The molecule has 0 spiro atoms. The summed E-state index contributed by atoms with van der Waals surface area (Å²) in [5, 5.41) is 3.80. The van der Waals surface area contributed by atoms with E-state index in [1.807, 2.05) is 26.8 Å². The Morgan fingerprint density at radius 3 is 2.76 bits per heavy atom. The molecule has 0 saturated heterocycles. The number of ether oxygens (including phenoxy) is 1. The predicted octanol–water partition coefficient (Wildman–Crippen LogP) is 1.61. The summed E-state index contributed by atoms with van der Waals surface area (Å²) in [7, 11) is -3.50. The average molecular weight is 373 g/mol. The number of nitrogens with zero attached hydrogens (tertiary/aromatic N) is 3. The maximum absolute atomic E-state index is 12.2. The highest BCUT2D eigenvalue weighted by Crippen LogP contribution is 2.21. The van der Waals surface area contributed by atoms with Gasteiger partial charge >= 0.3 is 6.09 Å². The fourth-order valence-electron chi connectivity index (χ4n) is 2.15. The van der Waals surface area contributed by atoms with Gasteiger partial charge in [-0.05, 0) is 27.2 Å². The third kappa shape index (κ3) is 6.46. The normalized spacial score (nSPS) is 15.8. The summed E-state index contributed by atoms with van der Waals surface area (Å²) in [6.45, 7) is 6.26. The molecule has 1 aliphatic rings. The first-order chi connectivity index (χ1) is 11.5. The van der Waals surface area contributed by atoms with Crippen LogP contribution in [0.2, 0.25) is 0 Å². The Balaban J connectivity index is 1.95. The maximum atomic E-state index is 12.2. The van der Waals surface area contributed by atoms with Crippen LogP contribution in [0.25, 0.3) is 5.57 Å². The van der Waals surface area contributed by atoms with Gasteiger partial charge in [0.2, 0.25) is 0 Å². The van der Waals surface area contributed by atoms with Crippen molar-refractivity contribution in [2.45, 2.75) is 39.2 Å². The molecule has 0 fully saturated rings. The molecule has 0 unspecified atom stereocenters. The highest BCUT2D eigenvalue weighted by Gasteiger charge is 2.26. The van der Waals surface area contributed by atoms with E-state index in [1.54, 1.807) is 4.90 Å². The van der Waals surface area contributed by atoms with E-state index < -0.39 is 15.7 Å². The molecule has 1 aliphatic heterocycles. The van der Waals surface area contributed by atoms with Gasteiger partial charge in [0.15, 0.2) is 5.82 Å². The minimum absolute atomic E-state index is 0.0547. The molecule has 0 atom stereocenters. The van der Waals surface area contributed by atoms with Gasteiger partial charge in [0.05, 0.1) is 19.4 Å². The Kier molecular flexibility index (Phi) is 5.83. The number of aromatic nitrogens is 2. The van der Waals surface area contributed by atoms with Gasteiger partial charge < -0.3 is 14.2 Å². The second-order valence-electron chi connectivity index (χ2n) is 6.71. The van der Waals surface area contributed by atoms with Crippen LogP contribution in [0.4, 0.5) is 4.79 Å². The van der Waals surface area contributed by atoms with E-state index in [0.29, 0.717) is 31.2 Å². The van der Waals surface area contributed by atoms with Gasteiger partial charge in [0, 0.05) is 18.5 Å². The number of carbonyl (C=O) groups is 1. The summed E-state index contributed by atoms with van der Waals surface area (Å²) >= 11 is 0. The number of hydrogen-bond acceptors (Lipinski definition) is 8. The number of amides is 1. The Bertz CT molecular complexity index is 748. The lowest BCUT2D eigenvalue weighted by Crippen LogP contribution is -2.39. The minimum Gasteiger partial charge on any atom is -0.444 e. The van der Waals surface area contributed by atoms with Gasteiger partial charge in [-0.25, -0.2) is 4.79 Å². The summed E-state index contributed by atoms with van der Waals surface area (Å²) in [4.78, 5) is 18.0. The lowest BCUT2D eigenvalue weighted by Gasteiger charge is -2.29. The van der Waals surface area contributed by atoms with Crippen molar-refractivity contribution in [2.24, 2.45) is 0 Å². The molecule has 0 aliphatic carbocycles. The second kappa shape index (κ2) is 7.52. The highest BCUT2D eigenvalue weighted by molar-refractivity contribution is 7.85. The van der Waals surface area contributed by atoms with Crippen molar-refractivity contribution in [1.29, 1.82) is 0 Å². The lowest BCUT2D eigenvalue weighted by atomic mass is 10.1. The molecule has 0 saturated carbocycles. The van der Waals surface area contributed by atoms with Crippen molar-refractivity contribution in [3.05, 3.63) is 17.8 Å². The van der Waals surface area contributed by atoms with Crippen LogP contribution in [0.5, 0.6) is 0 Å². The molecular formula is C15H23N3O6S. The zero-order valence-corrected chi connectivity index (χ0v) is 15.6. The van der Waals surface area contributed by atoms with Crippen molar-refractivity contribution in [1.82, 2.24) is 15.0 Å². The molecule has 0 aromatic carbocycles. The first kappa shape index (κ1) is 19.4. The molecule has 1 amide bonds. The lowest BCUT2D eigenvalue weighted by molar-refractivity contribution is 0.0272. The van der Waals surface area contributed by atoms with Gasteiger partial charge in [-0.1, -0.05) is 11.2 Å². The summed E-state index contributed by atoms with van der Waals surface area (Å²) in [6, 6.07) is 0. The Labute approximate surface area is 147 Å². The van der Waals surface area contributed by atoms with Crippen LogP contribution in [-0.4, -0.2) is 61.1 Å².